The normalized spacial score (nSPS) is 25.5. The lowest BCUT2D eigenvalue weighted by molar-refractivity contribution is -0.136. The van der Waals surface area contributed by atoms with E-state index in [9.17, 15) is 14.4 Å². The van der Waals surface area contributed by atoms with Crippen LogP contribution in [0.5, 0.6) is 5.88 Å². The number of carbonyl (C=O) groups is 3. The lowest BCUT2D eigenvalue weighted by Crippen LogP contribution is -2.47. The SMILES string of the molecule is Cc1noc(C)c1CN1CC[C@H]2CC(=O)N3CC[C@@H](CC(=O)NC(C)C)[C@@H](CCOc4cccc(n4)C(=O)NCC[C@H]2C1)C3. The van der Waals surface area contributed by atoms with Crippen molar-refractivity contribution in [1.82, 2.24) is 30.6 Å². The monoisotopic (exact) mass is 608 g/mol. The van der Waals surface area contributed by atoms with Crippen molar-refractivity contribution in [2.24, 2.45) is 23.7 Å². The molecule has 3 aliphatic heterocycles. The first kappa shape index (κ1) is 31.9. The summed E-state index contributed by atoms with van der Waals surface area (Å²) in [7, 11) is 0. The predicted octanol–water partition coefficient (Wildman–Crippen LogP) is 3.50. The molecule has 0 saturated carbocycles. The number of aromatic nitrogens is 2. The zero-order valence-electron chi connectivity index (χ0n) is 26.6. The van der Waals surface area contributed by atoms with Gasteiger partial charge in [-0.15, -0.1) is 0 Å². The Balaban J connectivity index is 1.33. The minimum atomic E-state index is -0.228. The van der Waals surface area contributed by atoms with Crippen molar-refractivity contribution in [2.45, 2.75) is 78.8 Å². The predicted molar refractivity (Wildman–Crippen MR) is 165 cm³/mol. The molecule has 2 fully saturated rings. The molecule has 0 spiro atoms. The largest absolute Gasteiger partial charge is 0.478 e. The fourth-order valence-electron chi connectivity index (χ4n) is 7.12. The molecular weight excluding hydrogens is 560 g/mol. The Bertz CT molecular complexity index is 1290. The molecule has 0 aromatic carbocycles. The highest BCUT2D eigenvalue weighted by atomic mass is 16.5. The zero-order valence-corrected chi connectivity index (χ0v) is 26.6. The van der Waals surface area contributed by atoms with Gasteiger partial charge in [-0.3, -0.25) is 19.3 Å². The van der Waals surface area contributed by atoms with Gasteiger partial charge >= 0.3 is 0 Å². The molecule has 4 atom stereocenters. The minimum Gasteiger partial charge on any atom is -0.478 e. The van der Waals surface area contributed by atoms with Gasteiger partial charge in [0.05, 0.1) is 12.3 Å². The highest BCUT2D eigenvalue weighted by Crippen LogP contribution is 2.34. The molecule has 0 aliphatic carbocycles. The maximum atomic E-state index is 13.8. The zero-order chi connectivity index (χ0) is 31.2. The number of fused-ring (bicyclic) bond motifs is 5. The first-order valence-electron chi connectivity index (χ1n) is 16.3. The van der Waals surface area contributed by atoms with E-state index in [1.807, 2.05) is 32.6 Å². The smallest absolute Gasteiger partial charge is 0.270 e. The Morgan fingerprint density at radius 1 is 1.07 bits per heavy atom. The van der Waals surface area contributed by atoms with Crippen molar-refractivity contribution >= 4 is 17.7 Å². The van der Waals surface area contributed by atoms with E-state index in [-0.39, 0.29) is 47.4 Å². The van der Waals surface area contributed by atoms with Crippen LogP contribution in [0.1, 0.15) is 79.9 Å². The van der Waals surface area contributed by atoms with Crippen LogP contribution in [0.25, 0.3) is 0 Å². The average molecular weight is 609 g/mol. The summed E-state index contributed by atoms with van der Waals surface area (Å²) in [5.41, 5.74) is 2.37. The van der Waals surface area contributed by atoms with Crippen LogP contribution >= 0.6 is 0 Å². The van der Waals surface area contributed by atoms with Crippen LogP contribution in [-0.2, 0) is 16.1 Å². The van der Waals surface area contributed by atoms with Gasteiger partial charge in [0.25, 0.3) is 5.91 Å². The van der Waals surface area contributed by atoms with Crippen LogP contribution in [0.4, 0.5) is 0 Å². The summed E-state index contributed by atoms with van der Waals surface area (Å²) in [4.78, 5) is 48.4. The molecule has 0 radical (unpaired) electrons. The Morgan fingerprint density at radius 2 is 1.91 bits per heavy atom. The number of nitrogens with zero attached hydrogens (tertiary/aromatic N) is 4. The summed E-state index contributed by atoms with van der Waals surface area (Å²) < 4.78 is 11.4. The number of carbonyl (C=O) groups excluding carboxylic acids is 3. The third-order valence-corrected chi connectivity index (χ3v) is 9.61. The molecule has 2 saturated heterocycles. The fourth-order valence-corrected chi connectivity index (χ4v) is 7.12. The first-order chi connectivity index (χ1) is 21.2. The van der Waals surface area contributed by atoms with Crippen LogP contribution in [0.3, 0.4) is 0 Å². The Kier molecular flexibility index (Phi) is 10.6. The summed E-state index contributed by atoms with van der Waals surface area (Å²) in [5.74, 6) is 2.07. The Hall–Kier alpha value is -3.47. The van der Waals surface area contributed by atoms with Crippen molar-refractivity contribution in [3.63, 3.8) is 0 Å². The summed E-state index contributed by atoms with van der Waals surface area (Å²) in [5, 5.41) is 10.2. The Labute approximate surface area is 260 Å². The first-order valence-corrected chi connectivity index (χ1v) is 16.3. The quantitative estimate of drug-likeness (QED) is 0.528. The number of aryl methyl sites for hydroxylation is 2. The average Bonchev–Trinajstić information content (AvgIpc) is 3.30. The summed E-state index contributed by atoms with van der Waals surface area (Å²) in [6.45, 7) is 12.6. The topological polar surface area (TPSA) is 130 Å². The molecule has 0 unspecified atom stereocenters. The molecule has 3 amide bonds. The van der Waals surface area contributed by atoms with Crippen molar-refractivity contribution in [3.05, 3.63) is 40.9 Å². The van der Waals surface area contributed by atoms with E-state index >= 15 is 0 Å². The summed E-state index contributed by atoms with van der Waals surface area (Å²) in [6.07, 6.45) is 4.14. The van der Waals surface area contributed by atoms with E-state index in [1.165, 1.54) is 0 Å². The molecule has 11 heteroatoms. The highest BCUT2D eigenvalue weighted by Gasteiger charge is 2.36. The lowest BCUT2D eigenvalue weighted by Gasteiger charge is -2.41. The van der Waals surface area contributed by atoms with E-state index in [0.717, 1.165) is 55.9 Å². The standard InChI is InChI=1S/C33H48N6O5/c1-21(2)35-30(40)16-24-10-14-39-19-27(24)11-15-43-31-7-5-6-29(36-31)33(42)34-12-8-26-18-38(13-9-25(26)17-32(39)41)20-28-22(3)37-44-23(28)4/h5-7,21,24-27H,8-20H2,1-4H3,(H,34,42)(H,35,40)/t24-,25-,26-,27-/m0/s1. The molecule has 11 nitrogen and oxygen atoms in total. The molecular formula is C33H48N6O5. The number of hydrogen-bond donors (Lipinski definition) is 2. The molecule has 2 aromatic heterocycles. The van der Waals surface area contributed by atoms with Crippen LogP contribution in [-0.4, -0.2) is 83.0 Å². The second kappa shape index (κ2) is 14.5. The van der Waals surface area contributed by atoms with Crippen molar-refractivity contribution in [1.29, 1.82) is 0 Å². The van der Waals surface area contributed by atoms with Gasteiger partial charge in [-0.05, 0) is 89.7 Å². The minimum absolute atomic E-state index is 0.0562. The molecule has 2 aromatic rings. The van der Waals surface area contributed by atoms with Crippen LogP contribution < -0.4 is 15.4 Å². The second-order valence-corrected chi connectivity index (χ2v) is 13.2. The third kappa shape index (κ3) is 8.16. The number of amides is 3. The van der Waals surface area contributed by atoms with Gasteiger partial charge < -0.3 is 24.8 Å². The summed E-state index contributed by atoms with van der Waals surface area (Å²) >= 11 is 0. The van der Waals surface area contributed by atoms with Crippen LogP contribution in [0.2, 0.25) is 0 Å². The lowest BCUT2D eigenvalue weighted by atomic mass is 9.79. The van der Waals surface area contributed by atoms with E-state index in [2.05, 4.69) is 25.7 Å². The molecule has 44 heavy (non-hydrogen) atoms. The fraction of sp³-hybridized carbons (Fsp3) is 0.667. The van der Waals surface area contributed by atoms with E-state index in [0.29, 0.717) is 57.1 Å². The molecule has 4 bridgehead atoms. The second-order valence-electron chi connectivity index (χ2n) is 13.2. The van der Waals surface area contributed by atoms with E-state index < -0.39 is 0 Å². The van der Waals surface area contributed by atoms with Gasteiger partial charge in [0.1, 0.15) is 11.5 Å². The summed E-state index contributed by atoms with van der Waals surface area (Å²) in [6, 6.07) is 5.34. The number of piperidine rings is 2. The number of ether oxygens (including phenoxy) is 1. The third-order valence-electron chi connectivity index (χ3n) is 9.61. The van der Waals surface area contributed by atoms with Gasteiger partial charge in [-0.1, -0.05) is 11.2 Å². The van der Waals surface area contributed by atoms with E-state index in [4.69, 9.17) is 9.26 Å². The highest BCUT2D eigenvalue weighted by molar-refractivity contribution is 5.92. The van der Waals surface area contributed by atoms with Gasteiger partial charge in [0, 0.05) is 63.2 Å². The number of hydrogen-bond acceptors (Lipinski definition) is 8. The Morgan fingerprint density at radius 3 is 2.68 bits per heavy atom. The number of nitrogens with one attached hydrogen (secondary N) is 2. The van der Waals surface area contributed by atoms with Crippen LogP contribution in [0.15, 0.2) is 22.7 Å². The van der Waals surface area contributed by atoms with Crippen LogP contribution in [0, 0.1) is 37.5 Å². The maximum Gasteiger partial charge on any atom is 0.270 e. The molecule has 5 rings (SSSR count). The van der Waals surface area contributed by atoms with E-state index in [1.54, 1.807) is 18.2 Å². The molecule has 5 heterocycles. The molecule has 3 aliphatic rings. The molecule has 240 valence electrons. The number of likely N-dealkylation sites (tertiary alicyclic amines) is 1. The van der Waals surface area contributed by atoms with Gasteiger partial charge in [0.2, 0.25) is 17.7 Å². The van der Waals surface area contributed by atoms with Crippen molar-refractivity contribution in [2.75, 3.05) is 39.3 Å². The van der Waals surface area contributed by atoms with Crippen molar-refractivity contribution < 1.29 is 23.6 Å². The van der Waals surface area contributed by atoms with Gasteiger partial charge in [0.15, 0.2) is 0 Å². The number of rotatable bonds is 5. The molecule has 2 N–H and O–H groups in total. The van der Waals surface area contributed by atoms with Gasteiger partial charge in [-0.2, -0.15) is 0 Å². The number of pyridine rings is 1. The maximum absolute atomic E-state index is 13.8. The van der Waals surface area contributed by atoms with Crippen molar-refractivity contribution in [3.8, 4) is 5.88 Å². The van der Waals surface area contributed by atoms with Gasteiger partial charge in [-0.25, -0.2) is 4.98 Å².